The van der Waals surface area contributed by atoms with Crippen molar-refractivity contribution in [3.63, 3.8) is 0 Å². The average Bonchev–Trinajstić information content (AvgIpc) is 2.36. The second-order valence-corrected chi connectivity index (χ2v) is 6.57. The molecule has 0 N–H and O–H groups in total. The minimum Gasteiger partial charge on any atom is -0.295 e. The predicted molar refractivity (Wildman–Crippen MR) is 85.3 cm³/mol. The quantitative estimate of drug-likeness (QED) is 0.528. The molecule has 0 amide bonds. The SMILES string of the molecule is CC(=O)C=CC=CC1=C(C)C=CC2CC(C)CC(C)C12. The van der Waals surface area contributed by atoms with Gasteiger partial charge in [0.05, 0.1) is 0 Å². The van der Waals surface area contributed by atoms with E-state index in [1.165, 1.54) is 24.0 Å². The summed E-state index contributed by atoms with van der Waals surface area (Å²) in [7, 11) is 0. The van der Waals surface area contributed by atoms with Crippen molar-refractivity contribution in [2.24, 2.45) is 23.7 Å². The molecule has 0 bridgehead atoms. The van der Waals surface area contributed by atoms with Gasteiger partial charge in [0.1, 0.15) is 0 Å². The lowest BCUT2D eigenvalue weighted by Crippen LogP contribution is -2.32. The Balaban J connectivity index is 2.20. The molecule has 2 rings (SSSR count). The molecular weight excluding hydrogens is 244 g/mol. The predicted octanol–water partition coefficient (Wildman–Crippen LogP) is 4.87. The van der Waals surface area contributed by atoms with Gasteiger partial charge in [0.15, 0.2) is 5.78 Å². The van der Waals surface area contributed by atoms with Crippen LogP contribution in [-0.4, -0.2) is 5.78 Å². The number of ketones is 1. The van der Waals surface area contributed by atoms with Crippen molar-refractivity contribution < 1.29 is 4.79 Å². The first kappa shape index (κ1) is 15.0. The van der Waals surface area contributed by atoms with E-state index in [1.807, 2.05) is 12.2 Å². The van der Waals surface area contributed by atoms with Gasteiger partial charge in [-0.05, 0) is 67.6 Å². The van der Waals surface area contributed by atoms with E-state index in [0.29, 0.717) is 11.8 Å². The van der Waals surface area contributed by atoms with Gasteiger partial charge in [-0.3, -0.25) is 4.79 Å². The Kier molecular flexibility index (Phi) is 4.80. The summed E-state index contributed by atoms with van der Waals surface area (Å²) < 4.78 is 0. The highest BCUT2D eigenvalue weighted by molar-refractivity contribution is 5.87. The van der Waals surface area contributed by atoms with Crippen molar-refractivity contribution in [2.75, 3.05) is 0 Å². The van der Waals surface area contributed by atoms with Crippen LogP contribution in [-0.2, 0) is 4.79 Å². The van der Waals surface area contributed by atoms with E-state index in [-0.39, 0.29) is 5.78 Å². The minimum atomic E-state index is 0.0987. The van der Waals surface area contributed by atoms with Gasteiger partial charge in [-0.1, -0.05) is 44.2 Å². The Morgan fingerprint density at radius 2 is 2.00 bits per heavy atom. The molecule has 1 saturated carbocycles. The van der Waals surface area contributed by atoms with Crippen molar-refractivity contribution >= 4 is 5.78 Å². The Labute approximate surface area is 123 Å². The molecule has 0 saturated heterocycles. The molecule has 1 fully saturated rings. The number of hydrogen-bond acceptors (Lipinski definition) is 1. The summed E-state index contributed by atoms with van der Waals surface area (Å²) >= 11 is 0. The zero-order valence-electron chi connectivity index (χ0n) is 13.1. The third-order valence-corrected chi connectivity index (χ3v) is 4.65. The number of carbonyl (C=O) groups excluding carboxylic acids is 1. The first-order chi connectivity index (χ1) is 9.49. The van der Waals surface area contributed by atoms with Crippen molar-refractivity contribution in [3.8, 4) is 0 Å². The molecular formula is C19H26O. The molecule has 108 valence electrons. The molecule has 0 aromatic heterocycles. The van der Waals surface area contributed by atoms with Crippen molar-refractivity contribution in [2.45, 2.75) is 40.5 Å². The van der Waals surface area contributed by atoms with Crippen LogP contribution in [0.5, 0.6) is 0 Å². The molecule has 0 aromatic rings. The lowest BCUT2D eigenvalue weighted by molar-refractivity contribution is -0.112. The van der Waals surface area contributed by atoms with Crippen LogP contribution in [0, 0.1) is 23.7 Å². The van der Waals surface area contributed by atoms with Crippen molar-refractivity contribution in [1.29, 1.82) is 0 Å². The maximum atomic E-state index is 10.9. The molecule has 4 atom stereocenters. The minimum absolute atomic E-state index is 0.0987. The van der Waals surface area contributed by atoms with Crippen LogP contribution in [0.4, 0.5) is 0 Å². The summed E-state index contributed by atoms with van der Waals surface area (Å²) in [6, 6.07) is 0. The molecule has 2 aliphatic rings. The van der Waals surface area contributed by atoms with Crippen molar-refractivity contribution in [3.05, 3.63) is 47.6 Å². The van der Waals surface area contributed by atoms with E-state index in [9.17, 15) is 4.79 Å². The largest absolute Gasteiger partial charge is 0.295 e. The number of rotatable bonds is 3. The normalized spacial score (nSPS) is 34.0. The first-order valence-corrected chi connectivity index (χ1v) is 7.73. The van der Waals surface area contributed by atoms with Gasteiger partial charge in [0, 0.05) is 0 Å². The Bertz CT molecular complexity index is 490. The zero-order chi connectivity index (χ0) is 14.7. The number of carbonyl (C=O) groups is 1. The van der Waals surface area contributed by atoms with Crippen molar-refractivity contribution in [1.82, 2.24) is 0 Å². The number of allylic oxidation sites excluding steroid dienone is 8. The summed E-state index contributed by atoms with van der Waals surface area (Å²) in [5.74, 6) is 3.01. The molecule has 1 heteroatoms. The van der Waals surface area contributed by atoms with E-state index < -0.39 is 0 Å². The standard InChI is InChI=1S/C19H26O/c1-13-11-15(3)19-17(12-13)10-9-14(2)18(19)8-6-5-7-16(4)20/h5-10,13,15,17,19H,11-12H2,1-4H3. The van der Waals surface area contributed by atoms with Crippen LogP contribution < -0.4 is 0 Å². The summed E-state index contributed by atoms with van der Waals surface area (Å²) in [5, 5.41) is 0. The maximum absolute atomic E-state index is 10.9. The number of fused-ring (bicyclic) bond motifs is 1. The molecule has 0 spiro atoms. The molecule has 2 aliphatic carbocycles. The highest BCUT2D eigenvalue weighted by atomic mass is 16.1. The van der Waals surface area contributed by atoms with E-state index in [0.717, 1.165) is 11.8 Å². The number of hydrogen-bond donors (Lipinski definition) is 0. The van der Waals surface area contributed by atoms with Gasteiger partial charge in [0.2, 0.25) is 0 Å². The first-order valence-electron chi connectivity index (χ1n) is 7.73. The monoisotopic (exact) mass is 270 g/mol. The summed E-state index contributed by atoms with van der Waals surface area (Å²) in [6.07, 6.45) is 15.0. The molecule has 0 aliphatic heterocycles. The Morgan fingerprint density at radius 1 is 1.25 bits per heavy atom. The van der Waals surface area contributed by atoms with E-state index in [1.54, 1.807) is 13.0 Å². The second-order valence-electron chi connectivity index (χ2n) is 6.57. The summed E-state index contributed by atoms with van der Waals surface area (Å²) in [5.41, 5.74) is 2.84. The van der Waals surface area contributed by atoms with Gasteiger partial charge in [-0.2, -0.15) is 0 Å². The van der Waals surface area contributed by atoms with Crippen LogP contribution >= 0.6 is 0 Å². The van der Waals surface area contributed by atoms with Crippen LogP contribution in [0.2, 0.25) is 0 Å². The van der Waals surface area contributed by atoms with Gasteiger partial charge >= 0.3 is 0 Å². The Hall–Kier alpha value is -1.37. The topological polar surface area (TPSA) is 17.1 Å². The lowest BCUT2D eigenvalue weighted by Gasteiger charge is -2.41. The van der Waals surface area contributed by atoms with Gasteiger partial charge in [-0.25, -0.2) is 0 Å². The molecule has 4 unspecified atom stereocenters. The van der Waals surface area contributed by atoms with Crippen LogP contribution in [0.25, 0.3) is 0 Å². The van der Waals surface area contributed by atoms with Gasteiger partial charge in [-0.15, -0.1) is 0 Å². The van der Waals surface area contributed by atoms with Gasteiger partial charge < -0.3 is 0 Å². The molecule has 0 heterocycles. The molecule has 1 nitrogen and oxygen atoms in total. The van der Waals surface area contributed by atoms with Crippen LogP contribution in [0.3, 0.4) is 0 Å². The third kappa shape index (κ3) is 3.39. The Morgan fingerprint density at radius 3 is 2.70 bits per heavy atom. The third-order valence-electron chi connectivity index (χ3n) is 4.65. The highest BCUT2D eigenvalue weighted by Gasteiger charge is 2.35. The molecule has 20 heavy (non-hydrogen) atoms. The van der Waals surface area contributed by atoms with E-state index >= 15 is 0 Å². The second kappa shape index (κ2) is 6.39. The van der Waals surface area contributed by atoms with Crippen LogP contribution in [0.1, 0.15) is 40.5 Å². The van der Waals surface area contributed by atoms with E-state index in [2.05, 4.69) is 39.0 Å². The van der Waals surface area contributed by atoms with Crippen LogP contribution in [0.15, 0.2) is 47.6 Å². The fourth-order valence-electron chi connectivity index (χ4n) is 3.87. The summed E-state index contributed by atoms with van der Waals surface area (Å²) in [6.45, 7) is 8.54. The summed E-state index contributed by atoms with van der Waals surface area (Å²) in [4.78, 5) is 10.9. The highest BCUT2D eigenvalue weighted by Crippen LogP contribution is 2.45. The zero-order valence-corrected chi connectivity index (χ0v) is 13.1. The smallest absolute Gasteiger partial charge is 0.152 e. The fraction of sp³-hybridized carbons (Fsp3) is 0.526. The lowest BCUT2D eigenvalue weighted by atomic mass is 9.63. The van der Waals surface area contributed by atoms with Gasteiger partial charge in [0.25, 0.3) is 0 Å². The molecule has 0 radical (unpaired) electrons. The fourth-order valence-corrected chi connectivity index (χ4v) is 3.87. The average molecular weight is 270 g/mol. The maximum Gasteiger partial charge on any atom is 0.152 e. The molecule has 0 aromatic carbocycles. The van der Waals surface area contributed by atoms with E-state index in [4.69, 9.17) is 0 Å².